The second-order valence-electron chi connectivity index (χ2n) is 3.90. The first kappa shape index (κ1) is 12.9. The van der Waals surface area contributed by atoms with Gasteiger partial charge in [-0.1, -0.05) is 43.9 Å². The first-order valence-electron chi connectivity index (χ1n) is 5.63. The second kappa shape index (κ2) is 5.86. The van der Waals surface area contributed by atoms with Crippen LogP contribution in [0.4, 0.5) is 11.4 Å². The van der Waals surface area contributed by atoms with Crippen molar-refractivity contribution in [2.24, 2.45) is 0 Å². The molecule has 0 fully saturated rings. The predicted molar refractivity (Wildman–Crippen MR) is 72.7 cm³/mol. The van der Waals surface area contributed by atoms with Crippen molar-refractivity contribution in [3.63, 3.8) is 0 Å². The summed E-state index contributed by atoms with van der Waals surface area (Å²) >= 11 is 0. The van der Waals surface area contributed by atoms with Crippen LogP contribution in [-0.4, -0.2) is 7.55 Å². The van der Waals surface area contributed by atoms with Gasteiger partial charge in [-0.25, -0.2) is 0 Å². The molecule has 0 atom stereocenters. The van der Waals surface area contributed by atoms with Crippen LogP contribution in [0.2, 0.25) is 0 Å². The normalized spacial score (nSPS) is 13.6. The van der Waals surface area contributed by atoms with Crippen LogP contribution in [0.5, 0.6) is 0 Å². The van der Waals surface area contributed by atoms with Crippen molar-refractivity contribution in [1.29, 1.82) is 0 Å². The van der Waals surface area contributed by atoms with E-state index in [0.717, 1.165) is 0 Å². The van der Waals surface area contributed by atoms with Crippen LogP contribution in [0, 0.1) is 0 Å². The topological polar surface area (TPSA) is 6.48 Å². The molecule has 0 N–H and O–H groups in total. The van der Waals surface area contributed by atoms with Crippen molar-refractivity contribution >= 4 is 18.9 Å². The zero-order chi connectivity index (χ0) is 11.5. The van der Waals surface area contributed by atoms with Gasteiger partial charge in [0.1, 0.15) is 0 Å². The number of hydrogen-bond donors (Lipinski definition) is 0. The molecule has 0 amide bonds. The van der Waals surface area contributed by atoms with E-state index in [9.17, 15) is 0 Å². The predicted octanol–water partition coefficient (Wildman–Crippen LogP) is 0.0226. The van der Waals surface area contributed by atoms with E-state index in [2.05, 4.69) is 53.8 Å². The van der Waals surface area contributed by atoms with E-state index >= 15 is 0 Å². The van der Waals surface area contributed by atoms with Gasteiger partial charge in [-0.15, -0.1) is 0 Å². The Bertz CT molecular complexity index is 468. The summed E-state index contributed by atoms with van der Waals surface area (Å²) < 4.78 is 0. The Morgan fingerprint density at radius 3 is 1.39 bits per heavy atom. The smallest absolute Gasteiger partial charge is 0.564 e. The number of hydrogen-bond acceptors (Lipinski definition) is 2. The largest absolute Gasteiger partial charge is 1.00 e. The van der Waals surface area contributed by atoms with Crippen molar-refractivity contribution in [2.75, 3.05) is 9.62 Å². The first-order valence-corrected chi connectivity index (χ1v) is 5.63. The molecule has 4 heteroatoms. The molecule has 0 bridgehead atoms. The molecule has 2 aromatic carbocycles. The standard InChI is InChI=1S/C14H12BN2.Li/c1-3-7-13(8-4-1)16-11-12-17(15-16)14-9-5-2-6-10-14;/h1-12H;/q-1;+1. The Labute approximate surface area is 120 Å². The maximum absolute atomic E-state index is 2.10. The summed E-state index contributed by atoms with van der Waals surface area (Å²) in [5.74, 6) is 0. The van der Waals surface area contributed by atoms with Crippen LogP contribution in [-0.2, 0) is 0 Å². The Morgan fingerprint density at radius 1 is 0.611 bits per heavy atom. The summed E-state index contributed by atoms with van der Waals surface area (Å²) in [5, 5.41) is 0. The maximum atomic E-state index is 2.10. The fourth-order valence-corrected chi connectivity index (χ4v) is 1.86. The van der Waals surface area contributed by atoms with E-state index in [1.165, 1.54) is 11.4 Å². The summed E-state index contributed by atoms with van der Waals surface area (Å²) in [6.07, 6.45) is 4.12. The number of rotatable bonds is 2. The molecule has 1 aliphatic rings. The van der Waals surface area contributed by atoms with E-state index in [-0.39, 0.29) is 18.9 Å². The van der Waals surface area contributed by atoms with Crippen molar-refractivity contribution in [3.05, 3.63) is 73.1 Å². The molecule has 1 heterocycles. The molecule has 0 aromatic heterocycles. The zero-order valence-corrected chi connectivity index (χ0v) is 10.4. The van der Waals surface area contributed by atoms with Crippen LogP contribution in [0.25, 0.3) is 0 Å². The van der Waals surface area contributed by atoms with Gasteiger partial charge in [-0.3, -0.25) is 0 Å². The summed E-state index contributed by atoms with van der Waals surface area (Å²) in [6.45, 7) is 0. The average Bonchev–Trinajstić information content (AvgIpc) is 2.90. The molecule has 2 aromatic rings. The second-order valence-corrected chi connectivity index (χ2v) is 3.90. The molecule has 0 aliphatic carbocycles. The Hall–Kier alpha value is -1.56. The fourth-order valence-electron chi connectivity index (χ4n) is 1.86. The molecule has 3 rings (SSSR count). The van der Waals surface area contributed by atoms with Crippen molar-refractivity contribution in [3.8, 4) is 0 Å². The van der Waals surface area contributed by atoms with Crippen molar-refractivity contribution in [1.82, 2.24) is 0 Å². The minimum atomic E-state index is 0. The molecule has 2 radical (unpaired) electrons. The molecule has 0 spiro atoms. The number of benzene rings is 2. The van der Waals surface area contributed by atoms with Crippen molar-refractivity contribution in [2.45, 2.75) is 0 Å². The number of anilines is 2. The Kier molecular flexibility index (Phi) is 4.20. The van der Waals surface area contributed by atoms with Crippen LogP contribution < -0.4 is 28.5 Å². The molecule has 1 aliphatic heterocycles. The first-order chi connectivity index (χ1) is 8.43. The van der Waals surface area contributed by atoms with Gasteiger partial charge in [0.25, 0.3) is 0 Å². The SMILES string of the molecule is [B-]1N(c2ccccc2)C=CN1c1ccccc1.[Li+]. The van der Waals surface area contributed by atoms with E-state index in [0.29, 0.717) is 0 Å². The average molecular weight is 226 g/mol. The Balaban J connectivity index is 0.00000120. The fraction of sp³-hybridized carbons (Fsp3) is 0. The third-order valence-electron chi connectivity index (χ3n) is 2.75. The van der Waals surface area contributed by atoms with Crippen LogP contribution in [0.1, 0.15) is 0 Å². The van der Waals surface area contributed by atoms with Gasteiger partial charge in [0.2, 0.25) is 0 Å². The third kappa shape index (κ3) is 2.64. The summed E-state index contributed by atoms with van der Waals surface area (Å²) in [7, 11) is 2.07. The monoisotopic (exact) mass is 226 g/mol. The number of para-hydroxylation sites is 2. The van der Waals surface area contributed by atoms with Crippen LogP contribution in [0.15, 0.2) is 73.1 Å². The molecular weight excluding hydrogens is 214 g/mol. The summed E-state index contributed by atoms with van der Waals surface area (Å²) in [4.78, 5) is 4.21. The molecule has 0 saturated heterocycles. The van der Waals surface area contributed by atoms with Gasteiger partial charge < -0.3 is 9.62 Å². The van der Waals surface area contributed by atoms with Gasteiger partial charge in [0.05, 0.1) is 0 Å². The minimum Gasteiger partial charge on any atom is -0.564 e. The van der Waals surface area contributed by atoms with Crippen LogP contribution in [0.3, 0.4) is 0 Å². The molecule has 0 saturated carbocycles. The molecule has 0 unspecified atom stereocenters. The molecule has 18 heavy (non-hydrogen) atoms. The molecular formula is C14H12BLiN2. The van der Waals surface area contributed by atoms with E-state index in [1.54, 1.807) is 0 Å². The minimum absolute atomic E-state index is 0. The third-order valence-corrected chi connectivity index (χ3v) is 2.75. The zero-order valence-electron chi connectivity index (χ0n) is 10.4. The molecule has 82 valence electrons. The van der Waals surface area contributed by atoms with E-state index < -0.39 is 0 Å². The van der Waals surface area contributed by atoms with E-state index in [4.69, 9.17) is 0 Å². The van der Waals surface area contributed by atoms with Crippen molar-refractivity contribution < 1.29 is 18.9 Å². The maximum Gasteiger partial charge on any atom is 1.00 e. The Morgan fingerprint density at radius 2 is 1.00 bits per heavy atom. The summed E-state index contributed by atoms with van der Waals surface area (Å²) in [5.41, 5.74) is 2.34. The quantitative estimate of drug-likeness (QED) is 0.666. The van der Waals surface area contributed by atoms with Gasteiger partial charge >= 0.3 is 18.9 Å². The van der Waals surface area contributed by atoms with E-state index in [1.807, 2.05) is 36.4 Å². The summed E-state index contributed by atoms with van der Waals surface area (Å²) in [6, 6.07) is 20.6. The van der Waals surface area contributed by atoms with Gasteiger partial charge in [-0.2, -0.15) is 0 Å². The van der Waals surface area contributed by atoms with Gasteiger partial charge in [-0.05, 0) is 48.0 Å². The van der Waals surface area contributed by atoms with Gasteiger partial charge in [0.15, 0.2) is 0 Å². The van der Waals surface area contributed by atoms with Crippen LogP contribution >= 0.6 is 0 Å². The number of nitrogens with zero attached hydrogens (tertiary/aromatic N) is 2. The molecule has 2 nitrogen and oxygen atoms in total. The van der Waals surface area contributed by atoms with Gasteiger partial charge in [0, 0.05) is 0 Å².